The highest BCUT2D eigenvalue weighted by molar-refractivity contribution is 5.29. The van der Waals surface area contributed by atoms with Gasteiger partial charge in [0, 0.05) is 12.6 Å². The number of aromatic nitrogens is 3. The van der Waals surface area contributed by atoms with Crippen LogP contribution in [0, 0.1) is 0 Å². The van der Waals surface area contributed by atoms with Crippen molar-refractivity contribution in [2.75, 3.05) is 7.05 Å². The lowest BCUT2D eigenvalue weighted by molar-refractivity contribution is 0.286. The average Bonchev–Trinajstić information content (AvgIpc) is 2.95. The van der Waals surface area contributed by atoms with Crippen molar-refractivity contribution < 1.29 is 4.74 Å². The van der Waals surface area contributed by atoms with Crippen molar-refractivity contribution in [3.63, 3.8) is 0 Å². The molecule has 5 nitrogen and oxygen atoms in total. The van der Waals surface area contributed by atoms with Gasteiger partial charge in [0.2, 0.25) is 0 Å². The molecule has 114 valence electrons. The van der Waals surface area contributed by atoms with E-state index in [-0.39, 0.29) is 0 Å². The van der Waals surface area contributed by atoms with E-state index in [9.17, 15) is 0 Å². The monoisotopic (exact) mass is 288 g/mol. The zero-order valence-corrected chi connectivity index (χ0v) is 13.0. The fourth-order valence-electron chi connectivity index (χ4n) is 2.35. The number of nitrogens with one attached hydrogen (secondary N) is 1. The van der Waals surface area contributed by atoms with Crippen LogP contribution in [0.5, 0.6) is 5.75 Å². The second-order valence-electron chi connectivity index (χ2n) is 5.01. The minimum Gasteiger partial charge on any atom is -0.486 e. The maximum atomic E-state index is 5.80. The van der Waals surface area contributed by atoms with Crippen molar-refractivity contribution in [1.82, 2.24) is 20.1 Å². The molecule has 1 aromatic heterocycles. The maximum Gasteiger partial charge on any atom is 0.164 e. The minimum atomic E-state index is 0.395. The lowest BCUT2D eigenvalue weighted by atomic mass is 10.1. The van der Waals surface area contributed by atoms with E-state index in [2.05, 4.69) is 41.4 Å². The summed E-state index contributed by atoms with van der Waals surface area (Å²) in [6.45, 7) is 5.61. The van der Waals surface area contributed by atoms with Gasteiger partial charge in [-0.2, -0.15) is 5.10 Å². The summed E-state index contributed by atoms with van der Waals surface area (Å²) in [5.74, 6) is 1.72. The summed E-state index contributed by atoms with van der Waals surface area (Å²) in [5, 5.41) is 7.50. The summed E-state index contributed by atoms with van der Waals surface area (Å²) < 4.78 is 7.69. The normalized spacial score (nSPS) is 12.3. The molecular formula is C16H24N4O. The van der Waals surface area contributed by atoms with E-state index in [1.54, 1.807) is 6.33 Å². The number of hydrogen-bond acceptors (Lipinski definition) is 4. The first kappa shape index (κ1) is 15.5. The predicted octanol–water partition coefficient (Wildman–Crippen LogP) is 2.94. The molecule has 21 heavy (non-hydrogen) atoms. The summed E-state index contributed by atoms with van der Waals surface area (Å²) in [4.78, 5) is 4.24. The van der Waals surface area contributed by atoms with Crippen molar-refractivity contribution in [3.8, 4) is 5.75 Å². The SMILES string of the molecule is CCCn1ncnc1COc1ccc(C(CC)NC)cc1. The van der Waals surface area contributed by atoms with Gasteiger partial charge in [0.1, 0.15) is 18.7 Å². The predicted molar refractivity (Wildman–Crippen MR) is 83.2 cm³/mol. The molecular weight excluding hydrogens is 264 g/mol. The zero-order chi connectivity index (χ0) is 15.1. The van der Waals surface area contributed by atoms with Gasteiger partial charge in [-0.1, -0.05) is 26.0 Å². The molecule has 0 amide bonds. The summed E-state index contributed by atoms with van der Waals surface area (Å²) >= 11 is 0. The van der Waals surface area contributed by atoms with Crippen molar-refractivity contribution in [1.29, 1.82) is 0 Å². The van der Waals surface area contributed by atoms with Gasteiger partial charge in [-0.15, -0.1) is 0 Å². The van der Waals surface area contributed by atoms with Crippen molar-refractivity contribution >= 4 is 0 Å². The van der Waals surface area contributed by atoms with Gasteiger partial charge in [0.15, 0.2) is 5.82 Å². The number of rotatable bonds is 8. The quantitative estimate of drug-likeness (QED) is 0.811. The van der Waals surface area contributed by atoms with Crippen LogP contribution in [0.4, 0.5) is 0 Å². The highest BCUT2D eigenvalue weighted by Gasteiger charge is 2.07. The third-order valence-corrected chi connectivity index (χ3v) is 3.54. The Bertz CT molecular complexity index is 531. The zero-order valence-electron chi connectivity index (χ0n) is 13.0. The molecule has 1 N–H and O–H groups in total. The van der Waals surface area contributed by atoms with Gasteiger partial charge in [-0.05, 0) is 37.6 Å². The number of hydrogen-bond donors (Lipinski definition) is 1. The summed E-state index contributed by atoms with van der Waals surface area (Å²) in [7, 11) is 1.99. The van der Waals surface area contributed by atoms with Crippen LogP contribution in [0.1, 0.15) is 44.1 Å². The van der Waals surface area contributed by atoms with Crippen molar-refractivity contribution in [2.24, 2.45) is 0 Å². The van der Waals surface area contributed by atoms with E-state index < -0.39 is 0 Å². The largest absolute Gasteiger partial charge is 0.486 e. The van der Waals surface area contributed by atoms with Gasteiger partial charge in [-0.3, -0.25) is 0 Å². The Kier molecular flexibility index (Phi) is 5.75. The Morgan fingerprint density at radius 1 is 1.24 bits per heavy atom. The van der Waals surface area contributed by atoms with Gasteiger partial charge >= 0.3 is 0 Å². The molecule has 1 unspecified atom stereocenters. The first-order valence-electron chi connectivity index (χ1n) is 7.55. The van der Waals surface area contributed by atoms with Gasteiger partial charge in [0.25, 0.3) is 0 Å². The van der Waals surface area contributed by atoms with Crippen LogP contribution in [0.2, 0.25) is 0 Å². The fraction of sp³-hybridized carbons (Fsp3) is 0.500. The third-order valence-electron chi connectivity index (χ3n) is 3.54. The van der Waals surface area contributed by atoms with E-state index in [4.69, 9.17) is 4.74 Å². The number of aryl methyl sites for hydroxylation is 1. The Morgan fingerprint density at radius 3 is 2.62 bits per heavy atom. The molecule has 2 rings (SSSR count). The molecule has 0 saturated heterocycles. The summed E-state index contributed by atoms with van der Waals surface area (Å²) in [5.41, 5.74) is 1.28. The Balaban J connectivity index is 1.96. The molecule has 0 aliphatic rings. The smallest absolute Gasteiger partial charge is 0.164 e. The fourth-order valence-corrected chi connectivity index (χ4v) is 2.35. The molecule has 5 heteroatoms. The summed E-state index contributed by atoms with van der Waals surface area (Å²) in [6, 6.07) is 8.63. The van der Waals surface area contributed by atoms with E-state index in [1.165, 1.54) is 5.56 Å². The van der Waals surface area contributed by atoms with Crippen LogP contribution in [-0.2, 0) is 13.2 Å². The second kappa shape index (κ2) is 7.78. The molecule has 2 aromatic rings. The second-order valence-corrected chi connectivity index (χ2v) is 5.01. The van der Waals surface area contributed by atoms with Crippen LogP contribution in [0.15, 0.2) is 30.6 Å². The van der Waals surface area contributed by atoms with E-state index in [0.717, 1.165) is 31.0 Å². The van der Waals surface area contributed by atoms with E-state index >= 15 is 0 Å². The Labute approximate surface area is 126 Å². The first-order chi connectivity index (χ1) is 10.3. The molecule has 0 aliphatic carbocycles. The average molecular weight is 288 g/mol. The van der Waals surface area contributed by atoms with E-state index in [1.807, 2.05) is 23.9 Å². The third kappa shape index (κ3) is 4.04. The van der Waals surface area contributed by atoms with Crippen molar-refractivity contribution in [3.05, 3.63) is 42.0 Å². The van der Waals surface area contributed by atoms with Crippen LogP contribution in [0.25, 0.3) is 0 Å². The number of nitrogens with zero attached hydrogens (tertiary/aromatic N) is 3. The van der Waals surface area contributed by atoms with Crippen molar-refractivity contribution in [2.45, 2.75) is 45.9 Å². The Morgan fingerprint density at radius 2 is 2.00 bits per heavy atom. The first-order valence-corrected chi connectivity index (χ1v) is 7.55. The van der Waals surface area contributed by atoms with E-state index in [0.29, 0.717) is 12.6 Å². The van der Waals surface area contributed by atoms with Gasteiger partial charge < -0.3 is 10.1 Å². The molecule has 0 fully saturated rings. The lowest BCUT2D eigenvalue weighted by Gasteiger charge is -2.14. The Hall–Kier alpha value is -1.88. The van der Waals surface area contributed by atoms with Crippen LogP contribution in [-0.4, -0.2) is 21.8 Å². The molecule has 0 bridgehead atoms. The van der Waals surface area contributed by atoms with Crippen LogP contribution >= 0.6 is 0 Å². The number of benzene rings is 1. The highest BCUT2D eigenvalue weighted by Crippen LogP contribution is 2.20. The molecule has 1 atom stereocenters. The van der Waals surface area contributed by atoms with Gasteiger partial charge in [-0.25, -0.2) is 9.67 Å². The van der Waals surface area contributed by atoms with Crippen LogP contribution in [0.3, 0.4) is 0 Å². The molecule has 0 saturated carbocycles. The molecule has 0 radical (unpaired) electrons. The topological polar surface area (TPSA) is 52.0 Å². The molecule has 0 aliphatic heterocycles. The highest BCUT2D eigenvalue weighted by atomic mass is 16.5. The van der Waals surface area contributed by atoms with Gasteiger partial charge in [0.05, 0.1) is 0 Å². The van der Waals surface area contributed by atoms with Crippen LogP contribution < -0.4 is 10.1 Å². The molecule has 0 spiro atoms. The lowest BCUT2D eigenvalue weighted by Crippen LogP contribution is -2.15. The standard InChI is InChI=1S/C16H24N4O/c1-4-10-20-16(18-12-19-20)11-21-14-8-6-13(7-9-14)15(5-2)17-3/h6-9,12,15,17H,4-5,10-11H2,1-3H3. The molecule has 1 heterocycles. The summed E-state index contributed by atoms with van der Waals surface area (Å²) in [6.07, 6.45) is 3.68. The molecule has 1 aromatic carbocycles. The minimum absolute atomic E-state index is 0.395. The number of ether oxygens (including phenoxy) is 1. The maximum absolute atomic E-state index is 5.80.